The summed E-state index contributed by atoms with van der Waals surface area (Å²) in [5.74, 6) is 0.824. The van der Waals surface area contributed by atoms with Crippen molar-refractivity contribution in [1.29, 1.82) is 0 Å². The maximum Gasteiger partial charge on any atom is 0.251 e. The lowest BCUT2D eigenvalue weighted by molar-refractivity contribution is 0.0947. The predicted octanol–water partition coefficient (Wildman–Crippen LogP) is 4.03. The summed E-state index contributed by atoms with van der Waals surface area (Å²) in [6.07, 6.45) is 4.70. The maximum atomic E-state index is 12.0. The fourth-order valence-corrected chi connectivity index (χ4v) is 3.13. The molecule has 1 amide bonds. The topological polar surface area (TPSA) is 38.3 Å². The lowest BCUT2D eigenvalue weighted by Gasteiger charge is -2.19. The van der Waals surface area contributed by atoms with E-state index < -0.39 is 0 Å². The third kappa shape index (κ3) is 4.05. The molecule has 2 aromatic rings. The van der Waals surface area contributed by atoms with Crippen LogP contribution in [0.1, 0.15) is 34.3 Å². The number of amides is 1. The van der Waals surface area contributed by atoms with Crippen molar-refractivity contribution in [3.05, 3.63) is 64.2 Å². The third-order valence-corrected chi connectivity index (χ3v) is 4.32. The van der Waals surface area contributed by atoms with Crippen molar-refractivity contribution in [3.63, 3.8) is 0 Å². The Morgan fingerprint density at radius 1 is 1.13 bits per heavy atom. The minimum absolute atomic E-state index is 0.133. The first-order valence-electron chi connectivity index (χ1n) is 8.01. The Morgan fingerprint density at radius 2 is 1.96 bits per heavy atom. The Balaban J connectivity index is 1.51. The molecule has 1 aliphatic rings. The van der Waals surface area contributed by atoms with E-state index in [0.29, 0.717) is 23.7 Å². The number of aryl methyl sites for hydroxylation is 1. The minimum atomic E-state index is -0.133. The molecule has 0 atom stereocenters. The molecule has 0 saturated heterocycles. The Hall–Kier alpha value is -2.00. The predicted molar refractivity (Wildman–Crippen MR) is 92.4 cm³/mol. The second-order valence-electron chi connectivity index (χ2n) is 5.72. The summed E-state index contributed by atoms with van der Waals surface area (Å²) in [5, 5.41) is 3.41. The second kappa shape index (κ2) is 7.51. The number of carbonyl (C=O) groups excluding carboxylic acids is 1. The number of hydrogen-bond acceptors (Lipinski definition) is 2. The summed E-state index contributed by atoms with van der Waals surface area (Å²) in [6, 6.07) is 13.2. The average Bonchev–Trinajstić information content (AvgIpc) is 2.58. The molecule has 0 saturated carbocycles. The maximum absolute atomic E-state index is 12.0. The summed E-state index contributed by atoms with van der Waals surface area (Å²) in [7, 11) is 0. The summed E-state index contributed by atoms with van der Waals surface area (Å²) in [6.45, 7) is 0.928. The van der Waals surface area contributed by atoms with Crippen LogP contribution in [0.25, 0.3) is 0 Å². The molecule has 1 aliphatic carbocycles. The number of benzene rings is 2. The van der Waals surface area contributed by atoms with Crippen LogP contribution < -0.4 is 10.1 Å². The lowest BCUT2D eigenvalue weighted by atomic mass is 9.91. The van der Waals surface area contributed by atoms with Gasteiger partial charge in [0.2, 0.25) is 0 Å². The summed E-state index contributed by atoms with van der Waals surface area (Å²) < 4.78 is 5.87. The Bertz CT molecular complexity index is 700. The van der Waals surface area contributed by atoms with E-state index in [1.165, 1.54) is 24.0 Å². The van der Waals surface area contributed by atoms with Gasteiger partial charge in [0, 0.05) is 10.6 Å². The number of carbonyl (C=O) groups is 1. The van der Waals surface area contributed by atoms with Crippen LogP contribution in [0.15, 0.2) is 42.5 Å². The highest BCUT2D eigenvalue weighted by molar-refractivity contribution is 6.30. The Labute approximate surface area is 141 Å². The van der Waals surface area contributed by atoms with Gasteiger partial charge in [0.05, 0.1) is 6.54 Å². The van der Waals surface area contributed by atoms with Crippen molar-refractivity contribution >= 4 is 17.5 Å². The minimum Gasteiger partial charge on any atom is -0.491 e. The highest BCUT2D eigenvalue weighted by atomic mass is 35.5. The van der Waals surface area contributed by atoms with Crippen molar-refractivity contribution in [2.75, 3.05) is 13.2 Å². The molecule has 0 heterocycles. The summed E-state index contributed by atoms with van der Waals surface area (Å²) in [4.78, 5) is 12.0. The molecule has 3 rings (SSSR count). The number of fused-ring (bicyclic) bond motifs is 1. The van der Waals surface area contributed by atoms with E-state index in [-0.39, 0.29) is 5.91 Å². The van der Waals surface area contributed by atoms with Gasteiger partial charge in [-0.1, -0.05) is 29.8 Å². The first-order chi connectivity index (χ1) is 11.2. The molecule has 0 bridgehead atoms. The van der Waals surface area contributed by atoms with E-state index in [4.69, 9.17) is 16.3 Å². The molecule has 0 fully saturated rings. The van der Waals surface area contributed by atoms with Gasteiger partial charge in [-0.05, 0) is 61.1 Å². The van der Waals surface area contributed by atoms with Gasteiger partial charge >= 0.3 is 0 Å². The molecule has 0 aromatic heterocycles. The van der Waals surface area contributed by atoms with Gasteiger partial charge < -0.3 is 10.1 Å². The van der Waals surface area contributed by atoms with Crippen LogP contribution in [-0.2, 0) is 12.8 Å². The number of rotatable bonds is 5. The molecule has 2 aromatic carbocycles. The van der Waals surface area contributed by atoms with Crippen LogP contribution in [0, 0.1) is 0 Å². The van der Waals surface area contributed by atoms with E-state index in [1.54, 1.807) is 24.3 Å². The first kappa shape index (κ1) is 15.9. The third-order valence-electron chi connectivity index (χ3n) is 4.08. The van der Waals surface area contributed by atoms with Crippen LogP contribution >= 0.6 is 11.6 Å². The van der Waals surface area contributed by atoms with Gasteiger partial charge in [0.15, 0.2) is 0 Å². The van der Waals surface area contributed by atoms with Crippen LogP contribution in [0.3, 0.4) is 0 Å². The largest absolute Gasteiger partial charge is 0.491 e. The summed E-state index contributed by atoms with van der Waals surface area (Å²) in [5.41, 5.74) is 3.30. The van der Waals surface area contributed by atoms with E-state index in [0.717, 1.165) is 18.6 Å². The Morgan fingerprint density at radius 3 is 2.83 bits per heavy atom. The quantitative estimate of drug-likeness (QED) is 0.841. The van der Waals surface area contributed by atoms with E-state index in [1.807, 2.05) is 12.1 Å². The van der Waals surface area contributed by atoms with Gasteiger partial charge in [-0.15, -0.1) is 0 Å². The van der Waals surface area contributed by atoms with Crippen molar-refractivity contribution in [1.82, 2.24) is 5.32 Å². The van der Waals surface area contributed by atoms with E-state index >= 15 is 0 Å². The SMILES string of the molecule is O=C(NCCOc1cccc2c1CCCC2)c1cccc(Cl)c1. The number of hydrogen-bond donors (Lipinski definition) is 1. The summed E-state index contributed by atoms with van der Waals surface area (Å²) >= 11 is 5.89. The standard InChI is InChI=1S/C19H20ClNO2/c20-16-8-3-7-15(13-16)19(22)21-11-12-23-18-10-4-6-14-5-1-2-9-17(14)18/h3-4,6-8,10,13H,1-2,5,9,11-12H2,(H,21,22). The molecule has 1 N–H and O–H groups in total. The monoisotopic (exact) mass is 329 g/mol. The van der Waals surface area contributed by atoms with Crippen LogP contribution in [0.4, 0.5) is 0 Å². The number of ether oxygens (including phenoxy) is 1. The molecular formula is C19H20ClNO2. The van der Waals surface area contributed by atoms with E-state index in [2.05, 4.69) is 11.4 Å². The zero-order valence-electron chi connectivity index (χ0n) is 13.0. The van der Waals surface area contributed by atoms with Crippen molar-refractivity contribution < 1.29 is 9.53 Å². The second-order valence-corrected chi connectivity index (χ2v) is 6.15. The van der Waals surface area contributed by atoms with E-state index in [9.17, 15) is 4.79 Å². The fraction of sp³-hybridized carbons (Fsp3) is 0.316. The smallest absolute Gasteiger partial charge is 0.251 e. The zero-order valence-corrected chi connectivity index (χ0v) is 13.7. The highest BCUT2D eigenvalue weighted by Gasteiger charge is 2.13. The molecular weight excluding hydrogens is 310 g/mol. The molecule has 0 radical (unpaired) electrons. The van der Waals surface area contributed by atoms with Gasteiger partial charge in [-0.3, -0.25) is 4.79 Å². The van der Waals surface area contributed by atoms with Gasteiger partial charge in [-0.2, -0.15) is 0 Å². The molecule has 0 unspecified atom stereocenters. The fourth-order valence-electron chi connectivity index (χ4n) is 2.94. The molecule has 120 valence electrons. The first-order valence-corrected chi connectivity index (χ1v) is 8.39. The lowest BCUT2D eigenvalue weighted by Crippen LogP contribution is -2.28. The normalized spacial score (nSPS) is 13.3. The number of halogens is 1. The molecule has 0 aliphatic heterocycles. The van der Waals surface area contributed by atoms with Crippen LogP contribution in [0.5, 0.6) is 5.75 Å². The van der Waals surface area contributed by atoms with Gasteiger partial charge in [-0.25, -0.2) is 0 Å². The van der Waals surface area contributed by atoms with Crippen molar-refractivity contribution in [2.24, 2.45) is 0 Å². The Kier molecular flexibility index (Phi) is 5.19. The highest BCUT2D eigenvalue weighted by Crippen LogP contribution is 2.29. The molecule has 4 heteroatoms. The van der Waals surface area contributed by atoms with Gasteiger partial charge in [0.25, 0.3) is 5.91 Å². The zero-order chi connectivity index (χ0) is 16.1. The molecule has 23 heavy (non-hydrogen) atoms. The van der Waals surface area contributed by atoms with Crippen LogP contribution in [-0.4, -0.2) is 19.1 Å². The van der Waals surface area contributed by atoms with Gasteiger partial charge in [0.1, 0.15) is 12.4 Å². The van der Waals surface area contributed by atoms with Crippen molar-refractivity contribution in [3.8, 4) is 5.75 Å². The molecule has 0 spiro atoms. The van der Waals surface area contributed by atoms with Crippen molar-refractivity contribution in [2.45, 2.75) is 25.7 Å². The average molecular weight is 330 g/mol. The van der Waals surface area contributed by atoms with Crippen LogP contribution in [0.2, 0.25) is 5.02 Å². The molecule has 3 nitrogen and oxygen atoms in total. The number of nitrogens with one attached hydrogen (secondary N) is 1.